The predicted octanol–water partition coefficient (Wildman–Crippen LogP) is 1.36. The van der Waals surface area contributed by atoms with Crippen molar-refractivity contribution in [2.24, 2.45) is 5.92 Å². The van der Waals surface area contributed by atoms with Gasteiger partial charge in [-0.3, -0.25) is 4.79 Å². The summed E-state index contributed by atoms with van der Waals surface area (Å²) in [6.45, 7) is 4.42. The largest absolute Gasteiger partial charge is 0.383 e. The summed E-state index contributed by atoms with van der Waals surface area (Å²) in [5.41, 5.74) is 6.71. The van der Waals surface area contributed by atoms with E-state index >= 15 is 0 Å². The van der Waals surface area contributed by atoms with Crippen LogP contribution in [0.1, 0.15) is 18.9 Å². The Balaban J connectivity index is 1.79. The summed E-state index contributed by atoms with van der Waals surface area (Å²) in [5.74, 6) is 0.968. The van der Waals surface area contributed by atoms with Gasteiger partial charge >= 0.3 is 0 Å². The lowest BCUT2D eigenvalue weighted by Crippen LogP contribution is -2.42. The van der Waals surface area contributed by atoms with Crippen LogP contribution < -0.4 is 5.73 Å². The number of hydrogen-bond donors (Lipinski definition) is 1. The Bertz CT molecular complexity index is 787. The molecule has 1 aliphatic carbocycles. The molecule has 2 bridgehead atoms. The Hall–Kier alpha value is -1.71. The molecule has 3 atom stereocenters. The van der Waals surface area contributed by atoms with E-state index in [9.17, 15) is 4.79 Å². The number of hydrogen-bond acceptors (Lipinski definition) is 5. The van der Waals surface area contributed by atoms with Crippen molar-refractivity contribution >= 4 is 45.3 Å². The second-order valence-electron chi connectivity index (χ2n) is 5.86. The van der Waals surface area contributed by atoms with Crippen molar-refractivity contribution < 1.29 is 4.79 Å². The molecule has 1 aliphatic heterocycles. The number of nitrogen functional groups attached to an aromatic ring is 1. The van der Waals surface area contributed by atoms with E-state index in [1.165, 1.54) is 12.4 Å². The summed E-state index contributed by atoms with van der Waals surface area (Å²) >= 11 is 2.16. The molecular weight excluding hydrogens is 395 g/mol. The van der Waals surface area contributed by atoms with E-state index in [4.69, 9.17) is 5.73 Å². The fourth-order valence-electron chi connectivity index (χ4n) is 3.81. The second kappa shape index (κ2) is 4.90. The zero-order chi connectivity index (χ0) is 15.4. The van der Waals surface area contributed by atoms with Gasteiger partial charge in [0, 0.05) is 6.54 Å². The molecule has 2 aromatic rings. The normalized spacial score (nSPS) is 26.8. The average molecular weight is 410 g/mol. The quantitative estimate of drug-likeness (QED) is 0.597. The van der Waals surface area contributed by atoms with Crippen molar-refractivity contribution in [1.82, 2.24) is 24.6 Å². The molecular formula is C14H15IN6O. The summed E-state index contributed by atoms with van der Waals surface area (Å²) in [5, 5.41) is 5.43. The predicted molar refractivity (Wildman–Crippen MR) is 89.9 cm³/mol. The average Bonchev–Trinajstić information content (AvgIpc) is 3.19. The van der Waals surface area contributed by atoms with Crippen LogP contribution in [0.25, 0.3) is 11.0 Å². The van der Waals surface area contributed by atoms with Gasteiger partial charge in [0.15, 0.2) is 5.65 Å². The lowest BCUT2D eigenvalue weighted by Gasteiger charge is -2.32. The van der Waals surface area contributed by atoms with Gasteiger partial charge in [0.25, 0.3) is 0 Å². The highest BCUT2D eigenvalue weighted by Crippen LogP contribution is 2.45. The lowest BCUT2D eigenvalue weighted by molar-refractivity contribution is -0.128. The van der Waals surface area contributed by atoms with Gasteiger partial charge in [-0.25, -0.2) is 14.6 Å². The van der Waals surface area contributed by atoms with Gasteiger partial charge in [-0.2, -0.15) is 5.10 Å². The Morgan fingerprint density at radius 1 is 1.41 bits per heavy atom. The van der Waals surface area contributed by atoms with Crippen molar-refractivity contribution in [3.8, 4) is 0 Å². The molecule has 1 saturated heterocycles. The molecule has 0 aromatic carbocycles. The molecule has 1 saturated carbocycles. The molecule has 3 heterocycles. The Morgan fingerprint density at radius 2 is 2.18 bits per heavy atom. The summed E-state index contributed by atoms with van der Waals surface area (Å²) in [6, 6.07) is 0.300. The number of nitrogens with zero attached hydrogens (tertiary/aromatic N) is 5. The maximum absolute atomic E-state index is 12.0. The molecule has 4 rings (SSSR count). The van der Waals surface area contributed by atoms with Gasteiger partial charge in [0.1, 0.15) is 15.8 Å². The second-order valence-corrected chi connectivity index (χ2v) is 6.88. The smallest absolute Gasteiger partial charge is 0.246 e. The van der Waals surface area contributed by atoms with Gasteiger partial charge in [0.2, 0.25) is 5.91 Å². The summed E-state index contributed by atoms with van der Waals surface area (Å²) < 4.78 is 2.73. The van der Waals surface area contributed by atoms with E-state index < -0.39 is 0 Å². The molecule has 0 radical (unpaired) electrons. The number of aromatic nitrogens is 4. The molecule has 0 spiro atoms. The van der Waals surface area contributed by atoms with Crippen LogP contribution in [0.4, 0.5) is 5.82 Å². The number of piperidine rings is 1. The zero-order valence-electron chi connectivity index (χ0n) is 11.8. The molecule has 3 unspecified atom stereocenters. The fraction of sp³-hybridized carbons (Fsp3) is 0.429. The van der Waals surface area contributed by atoms with Gasteiger partial charge in [0.05, 0.1) is 17.5 Å². The van der Waals surface area contributed by atoms with Gasteiger partial charge in [-0.05, 0) is 47.4 Å². The number of carbonyl (C=O) groups excluding carboxylic acids is 1. The van der Waals surface area contributed by atoms with E-state index in [1.807, 2.05) is 9.58 Å². The first-order valence-corrected chi connectivity index (χ1v) is 8.25. The summed E-state index contributed by atoms with van der Waals surface area (Å²) in [6.07, 6.45) is 4.89. The highest BCUT2D eigenvalue weighted by Gasteiger charge is 2.48. The number of halogens is 1. The first-order valence-electron chi connectivity index (χ1n) is 7.17. The van der Waals surface area contributed by atoms with Crippen LogP contribution >= 0.6 is 22.6 Å². The first-order chi connectivity index (χ1) is 10.6. The van der Waals surface area contributed by atoms with Crippen LogP contribution in [0.2, 0.25) is 0 Å². The SMILES string of the molecule is C=CC(=O)N1CC2CC1C(n1nc(I)c3c(N)ncnc31)C2. The van der Waals surface area contributed by atoms with Crippen molar-refractivity contribution in [3.63, 3.8) is 0 Å². The molecule has 114 valence electrons. The van der Waals surface area contributed by atoms with Crippen LogP contribution in [-0.4, -0.2) is 43.1 Å². The zero-order valence-corrected chi connectivity index (χ0v) is 14.0. The van der Waals surface area contributed by atoms with Crippen molar-refractivity contribution in [1.29, 1.82) is 0 Å². The van der Waals surface area contributed by atoms with Crippen LogP contribution in [0, 0.1) is 9.62 Å². The van der Waals surface area contributed by atoms with E-state index in [1.54, 1.807) is 0 Å². The molecule has 2 aromatic heterocycles. The maximum atomic E-state index is 12.0. The third-order valence-electron chi connectivity index (χ3n) is 4.70. The molecule has 2 fully saturated rings. The number of rotatable bonds is 2. The van der Waals surface area contributed by atoms with Crippen LogP contribution in [0.3, 0.4) is 0 Å². The number of likely N-dealkylation sites (tertiary alicyclic amines) is 1. The Morgan fingerprint density at radius 3 is 2.91 bits per heavy atom. The third kappa shape index (κ3) is 1.86. The first kappa shape index (κ1) is 13.9. The molecule has 22 heavy (non-hydrogen) atoms. The summed E-state index contributed by atoms with van der Waals surface area (Å²) in [7, 11) is 0. The Labute approximate surface area is 140 Å². The van der Waals surface area contributed by atoms with E-state index in [0.717, 1.165) is 34.1 Å². The topological polar surface area (TPSA) is 89.9 Å². The Kier molecular flexibility index (Phi) is 3.10. The number of amides is 1. The van der Waals surface area contributed by atoms with Crippen molar-refractivity contribution in [2.75, 3.05) is 12.3 Å². The molecule has 8 heteroatoms. The molecule has 2 N–H and O–H groups in total. The van der Waals surface area contributed by atoms with Crippen molar-refractivity contribution in [2.45, 2.75) is 24.9 Å². The number of carbonyl (C=O) groups is 1. The van der Waals surface area contributed by atoms with Gasteiger partial charge < -0.3 is 10.6 Å². The van der Waals surface area contributed by atoms with Crippen LogP contribution in [-0.2, 0) is 4.79 Å². The van der Waals surface area contributed by atoms with Gasteiger partial charge in [-0.1, -0.05) is 6.58 Å². The minimum atomic E-state index is -0.00232. The number of anilines is 1. The van der Waals surface area contributed by atoms with Crippen LogP contribution in [0.5, 0.6) is 0 Å². The van der Waals surface area contributed by atoms with E-state index in [-0.39, 0.29) is 18.0 Å². The maximum Gasteiger partial charge on any atom is 0.246 e. The van der Waals surface area contributed by atoms with E-state index in [2.05, 4.69) is 44.2 Å². The van der Waals surface area contributed by atoms with Crippen molar-refractivity contribution in [3.05, 3.63) is 22.7 Å². The summed E-state index contributed by atoms with van der Waals surface area (Å²) in [4.78, 5) is 22.4. The minimum Gasteiger partial charge on any atom is -0.383 e. The third-order valence-corrected chi connectivity index (χ3v) is 5.45. The molecule has 1 amide bonds. The van der Waals surface area contributed by atoms with Gasteiger partial charge in [-0.15, -0.1) is 0 Å². The number of nitrogens with two attached hydrogens (primary N) is 1. The highest BCUT2D eigenvalue weighted by molar-refractivity contribution is 14.1. The molecule has 7 nitrogen and oxygen atoms in total. The van der Waals surface area contributed by atoms with E-state index in [0.29, 0.717) is 11.7 Å². The molecule has 2 aliphatic rings. The lowest BCUT2D eigenvalue weighted by atomic mass is 10.1. The monoisotopic (exact) mass is 410 g/mol. The highest BCUT2D eigenvalue weighted by atomic mass is 127. The minimum absolute atomic E-state index is 0.00232. The standard InChI is InChI=1S/C14H15IN6O/c1-2-10(22)20-5-7-3-8(20)9(4-7)21-14-11(12(15)19-21)13(16)17-6-18-14/h2,6-9H,1,3-5H2,(H2,16,17,18). The van der Waals surface area contributed by atoms with Crippen LogP contribution in [0.15, 0.2) is 19.0 Å². The number of fused-ring (bicyclic) bond motifs is 3. The fourth-order valence-corrected chi connectivity index (χ4v) is 4.56.